The van der Waals surface area contributed by atoms with Crippen molar-refractivity contribution < 1.29 is 4.79 Å². The monoisotopic (exact) mass is 220 g/mol. The Morgan fingerprint density at radius 2 is 2.44 bits per heavy atom. The molecule has 16 heavy (non-hydrogen) atoms. The Hall–Kier alpha value is -2.18. The molecule has 1 amide bonds. The molecule has 2 heterocycles. The summed E-state index contributed by atoms with van der Waals surface area (Å²) in [5.74, 6) is -0.0787. The van der Waals surface area contributed by atoms with E-state index in [9.17, 15) is 4.79 Å². The van der Waals surface area contributed by atoms with Gasteiger partial charge in [-0.25, -0.2) is 14.6 Å². The van der Waals surface area contributed by atoms with Gasteiger partial charge in [-0.05, 0) is 0 Å². The minimum Gasteiger partial charge on any atom is -0.354 e. The summed E-state index contributed by atoms with van der Waals surface area (Å²) in [5.41, 5.74) is 1.00. The van der Waals surface area contributed by atoms with E-state index in [0.29, 0.717) is 6.54 Å². The Morgan fingerprint density at radius 1 is 1.50 bits per heavy atom. The molecule has 0 atom stereocenters. The standard InChI is InChI=1S/C9H12N6O/c16-9(4-15-7-11-6-14-15)12-2-1-8-3-10-5-13-8/h3,5-7H,1-2,4H2,(H,10,13)(H,12,16). The Labute approximate surface area is 91.9 Å². The molecule has 0 bridgehead atoms. The summed E-state index contributed by atoms with van der Waals surface area (Å²) < 4.78 is 1.48. The number of imidazole rings is 1. The van der Waals surface area contributed by atoms with Gasteiger partial charge in [0.15, 0.2) is 0 Å². The highest BCUT2D eigenvalue weighted by Crippen LogP contribution is 1.90. The molecule has 0 aliphatic carbocycles. The van der Waals surface area contributed by atoms with Crippen LogP contribution in [0.1, 0.15) is 5.69 Å². The van der Waals surface area contributed by atoms with Gasteiger partial charge in [-0.1, -0.05) is 0 Å². The van der Waals surface area contributed by atoms with Gasteiger partial charge in [-0.2, -0.15) is 5.10 Å². The molecule has 2 aromatic heterocycles. The van der Waals surface area contributed by atoms with Crippen LogP contribution in [0.4, 0.5) is 0 Å². The minimum absolute atomic E-state index is 0.0787. The molecule has 0 aromatic carbocycles. The molecule has 7 heteroatoms. The topological polar surface area (TPSA) is 88.5 Å². The summed E-state index contributed by atoms with van der Waals surface area (Å²) in [6, 6.07) is 0. The second kappa shape index (κ2) is 5.06. The van der Waals surface area contributed by atoms with E-state index in [1.807, 2.05) is 0 Å². The molecule has 0 saturated carbocycles. The van der Waals surface area contributed by atoms with Gasteiger partial charge in [0.25, 0.3) is 0 Å². The maximum absolute atomic E-state index is 11.4. The summed E-state index contributed by atoms with van der Waals surface area (Å²) in [6.07, 6.45) is 7.01. The molecular formula is C9H12N6O. The number of aromatic nitrogens is 5. The average molecular weight is 220 g/mol. The van der Waals surface area contributed by atoms with Crippen LogP contribution in [0.5, 0.6) is 0 Å². The van der Waals surface area contributed by atoms with Gasteiger partial charge < -0.3 is 10.3 Å². The predicted molar refractivity (Wildman–Crippen MR) is 55.3 cm³/mol. The second-order valence-electron chi connectivity index (χ2n) is 3.27. The summed E-state index contributed by atoms with van der Waals surface area (Å²) >= 11 is 0. The fraction of sp³-hybridized carbons (Fsp3) is 0.333. The van der Waals surface area contributed by atoms with E-state index in [1.165, 1.54) is 17.3 Å². The van der Waals surface area contributed by atoms with E-state index in [4.69, 9.17) is 0 Å². The number of amides is 1. The van der Waals surface area contributed by atoms with Gasteiger partial charge >= 0.3 is 0 Å². The summed E-state index contributed by atoms with van der Waals surface area (Å²) in [7, 11) is 0. The number of carbonyl (C=O) groups is 1. The van der Waals surface area contributed by atoms with Gasteiger partial charge in [-0.15, -0.1) is 0 Å². The molecule has 0 fully saturated rings. The van der Waals surface area contributed by atoms with Crippen LogP contribution in [0.3, 0.4) is 0 Å². The predicted octanol–water partition coefficient (Wildman–Crippen LogP) is -0.640. The average Bonchev–Trinajstić information content (AvgIpc) is 2.90. The number of aromatic amines is 1. The zero-order valence-corrected chi connectivity index (χ0v) is 8.63. The van der Waals surface area contributed by atoms with Crippen molar-refractivity contribution in [2.75, 3.05) is 6.54 Å². The van der Waals surface area contributed by atoms with Crippen LogP contribution in [0.2, 0.25) is 0 Å². The van der Waals surface area contributed by atoms with Crippen LogP contribution < -0.4 is 5.32 Å². The molecule has 2 aromatic rings. The lowest BCUT2D eigenvalue weighted by atomic mass is 10.3. The van der Waals surface area contributed by atoms with Crippen molar-refractivity contribution in [1.82, 2.24) is 30.0 Å². The van der Waals surface area contributed by atoms with E-state index in [2.05, 4.69) is 25.4 Å². The highest BCUT2D eigenvalue weighted by molar-refractivity contribution is 5.75. The molecule has 0 spiro atoms. The Balaban J connectivity index is 1.68. The van der Waals surface area contributed by atoms with Crippen molar-refractivity contribution in [2.24, 2.45) is 0 Å². The molecule has 0 aliphatic heterocycles. The molecule has 84 valence electrons. The molecule has 0 radical (unpaired) electrons. The molecule has 0 saturated heterocycles. The van der Waals surface area contributed by atoms with E-state index in [-0.39, 0.29) is 12.5 Å². The normalized spacial score (nSPS) is 10.2. The minimum atomic E-state index is -0.0787. The van der Waals surface area contributed by atoms with Gasteiger partial charge in [0.05, 0.1) is 6.33 Å². The maximum Gasteiger partial charge on any atom is 0.241 e. The summed E-state index contributed by atoms with van der Waals surface area (Å²) in [4.78, 5) is 22.0. The lowest BCUT2D eigenvalue weighted by Crippen LogP contribution is -2.29. The third-order valence-electron chi connectivity index (χ3n) is 2.04. The molecule has 2 rings (SSSR count). The molecule has 0 unspecified atom stereocenters. The zero-order chi connectivity index (χ0) is 11.2. The fourth-order valence-electron chi connectivity index (χ4n) is 1.28. The van der Waals surface area contributed by atoms with Crippen LogP contribution in [0.25, 0.3) is 0 Å². The molecular weight excluding hydrogens is 208 g/mol. The van der Waals surface area contributed by atoms with Gasteiger partial charge in [0.2, 0.25) is 5.91 Å². The van der Waals surface area contributed by atoms with E-state index in [0.717, 1.165) is 12.1 Å². The number of carbonyl (C=O) groups excluding carboxylic acids is 1. The lowest BCUT2D eigenvalue weighted by Gasteiger charge is -2.03. The van der Waals surface area contributed by atoms with Crippen molar-refractivity contribution in [2.45, 2.75) is 13.0 Å². The smallest absolute Gasteiger partial charge is 0.241 e. The SMILES string of the molecule is O=C(Cn1cncn1)NCCc1cnc[nH]1. The molecule has 2 N–H and O–H groups in total. The summed E-state index contributed by atoms with van der Waals surface area (Å²) in [5, 5.41) is 6.63. The Bertz CT molecular complexity index is 421. The van der Waals surface area contributed by atoms with Crippen molar-refractivity contribution in [1.29, 1.82) is 0 Å². The molecule has 0 aliphatic rings. The van der Waals surface area contributed by atoms with Crippen molar-refractivity contribution in [3.05, 3.63) is 30.9 Å². The Kier molecular flexibility index (Phi) is 3.27. The zero-order valence-electron chi connectivity index (χ0n) is 8.63. The largest absolute Gasteiger partial charge is 0.354 e. The first-order valence-corrected chi connectivity index (χ1v) is 4.91. The number of nitrogens with zero attached hydrogens (tertiary/aromatic N) is 4. The number of hydrogen-bond acceptors (Lipinski definition) is 4. The quantitative estimate of drug-likeness (QED) is 0.701. The number of H-pyrrole nitrogens is 1. The number of rotatable bonds is 5. The fourth-order valence-corrected chi connectivity index (χ4v) is 1.28. The second-order valence-corrected chi connectivity index (χ2v) is 3.27. The van der Waals surface area contributed by atoms with Gasteiger partial charge in [0, 0.05) is 24.9 Å². The molecule has 7 nitrogen and oxygen atoms in total. The van der Waals surface area contributed by atoms with E-state index < -0.39 is 0 Å². The lowest BCUT2D eigenvalue weighted by molar-refractivity contribution is -0.121. The Morgan fingerprint density at radius 3 is 3.12 bits per heavy atom. The van der Waals surface area contributed by atoms with E-state index >= 15 is 0 Å². The first kappa shape index (κ1) is 10.3. The van der Waals surface area contributed by atoms with Gasteiger partial charge in [-0.3, -0.25) is 4.79 Å². The third-order valence-corrected chi connectivity index (χ3v) is 2.04. The van der Waals surface area contributed by atoms with Crippen molar-refractivity contribution in [3.63, 3.8) is 0 Å². The summed E-state index contributed by atoms with van der Waals surface area (Å²) in [6.45, 7) is 0.776. The van der Waals surface area contributed by atoms with Crippen LogP contribution in [0.15, 0.2) is 25.2 Å². The maximum atomic E-state index is 11.4. The number of hydrogen-bond donors (Lipinski definition) is 2. The first-order chi connectivity index (χ1) is 7.84. The number of nitrogens with one attached hydrogen (secondary N) is 2. The van der Waals surface area contributed by atoms with Gasteiger partial charge in [0.1, 0.15) is 19.2 Å². The highest BCUT2D eigenvalue weighted by Gasteiger charge is 2.02. The van der Waals surface area contributed by atoms with Crippen LogP contribution in [-0.2, 0) is 17.8 Å². The van der Waals surface area contributed by atoms with Crippen molar-refractivity contribution in [3.8, 4) is 0 Å². The van der Waals surface area contributed by atoms with Crippen LogP contribution in [0, 0.1) is 0 Å². The highest BCUT2D eigenvalue weighted by atomic mass is 16.2. The van der Waals surface area contributed by atoms with Crippen molar-refractivity contribution >= 4 is 5.91 Å². The van der Waals surface area contributed by atoms with Crippen LogP contribution >= 0.6 is 0 Å². The van der Waals surface area contributed by atoms with E-state index in [1.54, 1.807) is 12.5 Å². The first-order valence-electron chi connectivity index (χ1n) is 4.91. The third kappa shape index (κ3) is 2.91. The van der Waals surface area contributed by atoms with Crippen LogP contribution in [-0.4, -0.2) is 37.2 Å².